The second-order valence-corrected chi connectivity index (χ2v) is 10.5. The van der Waals surface area contributed by atoms with Gasteiger partial charge < -0.3 is 18.6 Å². The molecule has 0 fully saturated rings. The number of aromatic nitrogens is 2. The first-order chi connectivity index (χ1) is 20.0. The molecule has 0 radical (unpaired) electrons. The number of hydrogen-bond donors (Lipinski definition) is 0. The van der Waals surface area contributed by atoms with Gasteiger partial charge in [-0.15, -0.1) is 0 Å². The quantitative estimate of drug-likeness (QED) is 0.179. The van der Waals surface area contributed by atoms with Crippen LogP contribution in [-0.2, 0) is 6.61 Å². The SMILES string of the molecule is O=c1c2ccccc2nc(-c2cc3ccccc3o2)n1N=Cc1cc(Cl)cc(Br)c1OCc1ccc2c(c1)OCO2. The molecule has 0 unspecified atom stereocenters. The topological polar surface area (TPSA) is 88.1 Å². The fraction of sp³-hybridized carbons (Fsp3) is 0.0645. The third-order valence-corrected chi connectivity index (χ3v) is 7.38. The number of para-hydroxylation sites is 2. The minimum absolute atomic E-state index is 0.196. The second-order valence-electron chi connectivity index (χ2n) is 9.24. The highest BCUT2D eigenvalue weighted by molar-refractivity contribution is 9.10. The number of rotatable bonds is 6. The molecule has 0 aliphatic carbocycles. The number of furan rings is 1. The Morgan fingerprint density at radius 1 is 1.00 bits per heavy atom. The zero-order valence-corrected chi connectivity index (χ0v) is 23.6. The van der Waals surface area contributed by atoms with Crippen molar-refractivity contribution < 1.29 is 18.6 Å². The number of halogens is 2. The van der Waals surface area contributed by atoms with E-state index in [1.165, 1.54) is 10.9 Å². The van der Waals surface area contributed by atoms with Crippen LogP contribution in [0.15, 0.2) is 104 Å². The highest BCUT2D eigenvalue weighted by atomic mass is 79.9. The van der Waals surface area contributed by atoms with Gasteiger partial charge in [0.15, 0.2) is 17.3 Å². The Bertz CT molecular complexity index is 2020. The summed E-state index contributed by atoms with van der Waals surface area (Å²) in [7, 11) is 0. The maximum Gasteiger partial charge on any atom is 0.282 e. The van der Waals surface area contributed by atoms with Gasteiger partial charge in [-0.05, 0) is 70.0 Å². The molecule has 1 aliphatic heterocycles. The minimum atomic E-state index is -0.341. The predicted molar refractivity (Wildman–Crippen MR) is 160 cm³/mol. The van der Waals surface area contributed by atoms with Crippen molar-refractivity contribution in [3.8, 4) is 28.8 Å². The lowest BCUT2D eigenvalue weighted by Crippen LogP contribution is -2.20. The van der Waals surface area contributed by atoms with Crippen molar-refractivity contribution in [2.24, 2.45) is 5.10 Å². The van der Waals surface area contributed by atoms with Crippen molar-refractivity contribution in [1.29, 1.82) is 0 Å². The molecule has 0 spiro atoms. The molecular weight excluding hydrogens is 610 g/mol. The van der Waals surface area contributed by atoms with Crippen LogP contribution < -0.4 is 19.8 Å². The van der Waals surface area contributed by atoms with Crippen LogP contribution in [0.4, 0.5) is 0 Å². The molecular formula is C31H19BrClN3O5. The Morgan fingerprint density at radius 2 is 1.83 bits per heavy atom. The Hall–Kier alpha value is -4.60. The van der Waals surface area contributed by atoms with Gasteiger partial charge in [0.25, 0.3) is 5.56 Å². The number of benzene rings is 4. The largest absolute Gasteiger partial charge is 0.487 e. The lowest BCUT2D eigenvalue weighted by molar-refractivity contribution is 0.174. The van der Waals surface area contributed by atoms with E-state index in [0.717, 1.165) is 10.9 Å². The highest BCUT2D eigenvalue weighted by Gasteiger charge is 2.18. The van der Waals surface area contributed by atoms with Gasteiger partial charge in [-0.3, -0.25) is 4.79 Å². The van der Waals surface area contributed by atoms with Crippen LogP contribution in [0.25, 0.3) is 33.5 Å². The van der Waals surface area contributed by atoms with Crippen LogP contribution in [0.1, 0.15) is 11.1 Å². The van der Waals surface area contributed by atoms with E-state index in [1.54, 1.807) is 30.3 Å². The molecule has 4 aromatic carbocycles. The zero-order chi connectivity index (χ0) is 27.9. The summed E-state index contributed by atoms with van der Waals surface area (Å²) in [5.41, 5.74) is 2.32. The Labute approximate surface area is 246 Å². The molecule has 0 saturated carbocycles. The molecule has 0 saturated heterocycles. The van der Waals surface area contributed by atoms with Gasteiger partial charge >= 0.3 is 0 Å². The predicted octanol–water partition coefficient (Wildman–Crippen LogP) is 7.42. The first kappa shape index (κ1) is 25.4. The molecule has 0 atom stereocenters. The summed E-state index contributed by atoms with van der Waals surface area (Å²) in [4.78, 5) is 18.4. The summed E-state index contributed by atoms with van der Waals surface area (Å²) in [6.45, 7) is 0.446. The van der Waals surface area contributed by atoms with Gasteiger partial charge in [-0.25, -0.2) is 4.98 Å². The lowest BCUT2D eigenvalue weighted by Gasteiger charge is -2.13. The summed E-state index contributed by atoms with van der Waals surface area (Å²) in [5, 5.41) is 6.36. The molecule has 3 heterocycles. The lowest BCUT2D eigenvalue weighted by atomic mass is 10.2. The van der Waals surface area contributed by atoms with Crippen LogP contribution in [0.3, 0.4) is 0 Å². The number of nitrogens with zero attached hydrogens (tertiary/aromatic N) is 3. The highest BCUT2D eigenvalue weighted by Crippen LogP contribution is 2.35. The number of fused-ring (bicyclic) bond motifs is 3. The third kappa shape index (κ3) is 4.83. The van der Waals surface area contributed by atoms with E-state index in [9.17, 15) is 4.79 Å². The molecule has 0 N–H and O–H groups in total. The molecule has 0 amide bonds. The van der Waals surface area contributed by atoms with Crippen molar-refractivity contribution in [2.45, 2.75) is 6.61 Å². The monoisotopic (exact) mass is 627 g/mol. The molecule has 202 valence electrons. The minimum Gasteiger partial charge on any atom is -0.487 e. The molecule has 10 heteroatoms. The summed E-state index contributed by atoms with van der Waals surface area (Å²) >= 11 is 9.95. The zero-order valence-electron chi connectivity index (χ0n) is 21.2. The van der Waals surface area contributed by atoms with Gasteiger partial charge in [0.2, 0.25) is 12.6 Å². The standard InChI is InChI=1S/C31H19BrClN3O5/c32-23-14-21(33)12-20(29(23)38-16-18-9-10-26-27(11-18)40-17-39-26)15-34-36-30(28-13-19-5-1-4-8-25(19)41-28)35-24-7-3-2-6-22(24)31(36)37/h1-15H,16-17H2. The van der Waals surface area contributed by atoms with Crippen molar-refractivity contribution in [3.63, 3.8) is 0 Å². The normalized spacial score (nSPS) is 12.5. The average Bonchev–Trinajstić information content (AvgIpc) is 3.63. The van der Waals surface area contributed by atoms with Crippen molar-refractivity contribution in [1.82, 2.24) is 9.66 Å². The van der Waals surface area contributed by atoms with Crippen LogP contribution in [-0.4, -0.2) is 22.7 Å². The maximum absolute atomic E-state index is 13.7. The molecule has 41 heavy (non-hydrogen) atoms. The Kier molecular flexibility index (Phi) is 6.45. The molecule has 0 bridgehead atoms. The summed E-state index contributed by atoms with van der Waals surface area (Å²) < 4.78 is 25.0. The van der Waals surface area contributed by atoms with E-state index in [-0.39, 0.29) is 24.8 Å². The Morgan fingerprint density at radius 3 is 2.73 bits per heavy atom. The maximum atomic E-state index is 13.7. The van der Waals surface area contributed by atoms with Crippen molar-refractivity contribution in [2.75, 3.05) is 6.79 Å². The summed E-state index contributed by atoms with van der Waals surface area (Å²) in [6.07, 6.45) is 1.52. The van der Waals surface area contributed by atoms with E-state index in [2.05, 4.69) is 21.0 Å². The first-order valence-corrected chi connectivity index (χ1v) is 13.8. The summed E-state index contributed by atoms with van der Waals surface area (Å²) in [5.74, 6) is 2.55. The van der Waals surface area contributed by atoms with E-state index in [1.807, 2.05) is 54.6 Å². The molecule has 6 aromatic rings. The van der Waals surface area contributed by atoms with Gasteiger partial charge in [-0.2, -0.15) is 9.78 Å². The summed E-state index contributed by atoms with van der Waals surface area (Å²) in [6, 6.07) is 25.6. The first-order valence-electron chi connectivity index (χ1n) is 12.6. The molecule has 8 nitrogen and oxygen atoms in total. The third-order valence-electron chi connectivity index (χ3n) is 6.57. The molecule has 1 aliphatic rings. The Balaban J connectivity index is 1.30. The van der Waals surface area contributed by atoms with E-state index in [0.29, 0.717) is 54.6 Å². The van der Waals surface area contributed by atoms with Crippen molar-refractivity contribution >= 4 is 55.6 Å². The van der Waals surface area contributed by atoms with Gasteiger partial charge in [0.1, 0.15) is 17.9 Å². The van der Waals surface area contributed by atoms with Crippen LogP contribution in [0.5, 0.6) is 17.2 Å². The van der Waals surface area contributed by atoms with E-state index in [4.69, 9.17) is 35.2 Å². The van der Waals surface area contributed by atoms with Gasteiger partial charge in [-0.1, -0.05) is 48.0 Å². The fourth-order valence-corrected chi connectivity index (χ4v) is 5.57. The van der Waals surface area contributed by atoms with Crippen LogP contribution in [0, 0.1) is 0 Å². The molecule has 2 aromatic heterocycles. The molecule has 7 rings (SSSR count). The smallest absolute Gasteiger partial charge is 0.282 e. The van der Waals surface area contributed by atoms with E-state index < -0.39 is 0 Å². The van der Waals surface area contributed by atoms with Crippen LogP contribution in [0.2, 0.25) is 5.02 Å². The average molecular weight is 629 g/mol. The van der Waals surface area contributed by atoms with Crippen molar-refractivity contribution in [3.05, 3.63) is 116 Å². The second kappa shape index (κ2) is 10.4. The van der Waals surface area contributed by atoms with Crippen LogP contribution >= 0.6 is 27.5 Å². The fourth-order valence-electron chi connectivity index (χ4n) is 4.62. The van der Waals surface area contributed by atoms with Gasteiger partial charge in [0.05, 0.1) is 21.6 Å². The number of hydrogen-bond acceptors (Lipinski definition) is 7. The number of ether oxygens (including phenoxy) is 3. The van der Waals surface area contributed by atoms with E-state index >= 15 is 0 Å². The van der Waals surface area contributed by atoms with Gasteiger partial charge in [0, 0.05) is 16.0 Å².